The summed E-state index contributed by atoms with van der Waals surface area (Å²) in [6, 6.07) is 11.8. The molecular weight excluding hydrogens is 470 g/mol. The quantitative estimate of drug-likeness (QED) is 0.534. The van der Waals surface area contributed by atoms with Crippen molar-refractivity contribution in [3.63, 3.8) is 0 Å². The highest BCUT2D eigenvalue weighted by atomic mass is 16.5. The molecule has 198 valence electrons. The lowest BCUT2D eigenvalue weighted by molar-refractivity contribution is 0.0374. The second kappa shape index (κ2) is 11.6. The van der Waals surface area contributed by atoms with Crippen LogP contribution in [0.25, 0.3) is 0 Å². The molecule has 8 heteroatoms. The van der Waals surface area contributed by atoms with E-state index in [4.69, 9.17) is 19.2 Å². The highest BCUT2D eigenvalue weighted by Crippen LogP contribution is 2.44. The van der Waals surface area contributed by atoms with Crippen LogP contribution < -0.4 is 14.8 Å². The summed E-state index contributed by atoms with van der Waals surface area (Å²) in [5, 5.41) is 13.4. The van der Waals surface area contributed by atoms with Crippen molar-refractivity contribution in [1.82, 2.24) is 10.2 Å². The molecular formula is C29H37N3O5. The van der Waals surface area contributed by atoms with Gasteiger partial charge in [0.05, 0.1) is 45.3 Å². The first-order chi connectivity index (χ1) is 18.1. The number of amides is 1. The maximum Gasteiger partial charge on any atom is 0.251 e. The fourth-order valence-corrected chi connectivity index (χ4v) is 5.70. The summed E-state index contributed by atoms with van der Waals surface area (Å²) in [5.74, 6) is 1.41. The maximum absolute atomic E-state index is 12.7. The van der Waals surface area contributed by atoms with Crippen molar-refractivity contribution in [1.29, 1.82) is 0 Å². The number of hydrogen-bond acceptors (Lipinski definition) is 7. The number of morpholine rings is 1. The van der Waals surface area contributed by atoms with Gasteiger partial charge in [-0.3, -0.25) is 14.7 Å². The number of carbonyl (C=O) groups is 1. The van der Waals surface area contributed by atoms with Crippen molar-refractivity contribution in [2.24, 2.45) is 4.99 Å². The fourth-order valence-electron chi connectivity index (χ4n) is 5.70. The van der Waals surface area contributed by atoms with Crippen LogP contribution >= 0.6 is 0 Å². The molecule has 0 aromatic heterocycles. The van der Waals surface area contributed by atoms with Gasteiger partial charge < -0.3 is 24.6 Å². The number of aliphatic hydroxyl groups is 1. The zero-order valence-electron chi connectivity index (χ0n) is 21.7. The third kappa shape index (κ3) is 5.66. The van der Waals surface area contributed by atoms with Gasteiger partial charge in [-0.1, -0.05) is 12.1 Å². The van der Waals surface area contributed by atoms with Gasteiger partial charge in [0.25, 0.3) is 5.91 Å². The van der Waals surface area contributed by atoms with Gasteiger partial charge in [-0.2, -0.15) is 0 Å². The van der Waals surface area contributed by atoms with Crippen LogP contribution in [0.5, 0.6) is 11.5 Å². The fraction of sp³-hybridized carbons (Fsp3) is 0.517. The van der Waals surface area contributed by atoms with Crippen molar-refractivity contribution < 1.29 is 24.1 Å². The van der Waals surface area contributed by atoms with E-state index in [-0.39, 0.29) is 24.0 Å². The highest BCUT2D eigenvalue weighted by Gasteiger charge is 2.37. The van der Waals surface area contributed by atoms with Crippen LogP contribution in [0.4, 0.5) is 0 Å². The van der Waals surface area contributed by atoms with E-state index in [0.717, 1.165) is 74.5 Å². The van der Waals surface area contributed by atoms with Crippen LogP contribution in [0.15, 0.2) is 41.4 Å². The topological polar surface area (TPSA) is 92.6 Å². The molecule has 0 radical (unpaired) electrons. The van der Waals surface area contributed by atoms with Gasteiger partial charge in [0.1, 0.15) is 0 Å². The van der Waals surface area contributed by atoms with Crippen molar-refractivity contribution in [3.8, 4) is 11.5 Å². The second-order valence-corrected chi connectivity index (χ2v) is 10.1. The van der Waals surface area contributed by atoms with E-state index < -0.39 is 0 Å². The molecule has 0 bridgehead atoms. The number of rotatable bonds is 8. The molecule has 37 heavy (non-hydrogen) atoms. The molecule has 3 aliphatic rings. The molecule has 2 aliphatic heterocycles. The zero-order chi connectivity index (χ0) is 25.8. The number of methoxy groups -OCH3 is 2. The summed E-state index contributed by atoms with van der Waals surface area (Å²) >= 11 is 0. The lowest BCUT2D eigenvalue weighted by atomic mass is 9.74. The first kappa shape index (κ1) is 25.7. The molecule has 8 nitrogen and oxygen atoms in total. The van der Waals surface area contributed by atoms with E-state index in [1.165, 1.54) is 0 Å². The van der Waals surface area contributed by atoms with Crippen LogP contribution in [-0.2, 0) is 4.74 Å². The summed E-state index contributed by atoms with van der Waals surface area (Å²) in [4.78, 5) is 20.3. The highest BCUT2D eigenvalue weighted by molar-refractivity contribution is 6.15. The van der Waals surface area contributed by atoms with Crippen molar-refractivity contribution in [2.75, 3.05) is 53.6 Å². The van der Waals surface area contributed by atoms with Crippen LogP contribution in [0.2, 0.25) is 0 Å². The van der Waals surface area contributed by atoms with Gasteiger partial charge in [0.2, 0.25) is 0 Å². The summed E-state index contributed by atoms with van der Waals surface area (Å²) in [7, 11) is 3.27. The van der Waals surface area contributed by atoms with E-state index >= 15 is 0 Å². The van der Waals surface area contributed by atoms with Gasteiger partial charge in [-0.05, 0) is 62.1 Å². The minimum atomic E-state index is -0.314. The molecule has 1 amide bonds. The van der Waals surface area contributed by atoms with Gasteiger partial charge in [0, 0.05) is 42.2 Å². The summed E-state index contributed by atoms with van der Waals surface area (Å²) in [6.07, 6.45) is 2.89. The van der Waals surface area contributed by atoms with Crippen molar-refractivity contribution >= 4 is 11.6 Å². The number of nitrogens with one attached hydrogen (secondary N) is 1. The van der Waals surface area contributed by atoms with E-state index in [1.54, 1.807) is 14.2 Å². The number of ether oxygens (including phenoxy) is 3. The number of aliphatic imine (C=N–C) groups is 1. The average molecular weight is 508 g/mol. The Morgan fingerprint density at radius 1 is 1.11 bits per heavy atom. The third-order valence-electron chi connectivity index (χ3n) is 7.75. The number of nitrogens with zero attached hydrogens (tertiary/aromatic N) is 2. The minimum Gasteiger partial charge on any atom is -0.493 e. The van der Waals surface area contributed by atoms with E-state index in [1.807, 2.05) is 36.4 Å². The van der Waals surface area contributed by atoms with Crippen molar-refractivity contribution in [2.45, 2.75) is 43.7 Å². The van der Waals surface area contributed by atoms with E-state index in [0.29, 0.717) is 30.0 Å². The van der Waals surface area contributed by atoms with Gasteiger partial charge >= 0.3 is 0 Å². The predicted molar refractivity (Wildman–Crippen MR) is 142 cm³/mol. The molecule has 5 rings (SSSR count). The molecule has 2 aromatic rings. The normalized spacial score (nSPS) is 23.4. The predicted octanol–water partition coefficient (Wildman–Crippen LogP) is 3.00. The molecule has 2 aromatic carbocycles. The van der Waals surface area contributed by atoms with E-state index in [2.05, 4.69) is 10.2 Å². The molecule has 1 aliphatic carbocycles. The Bertz CT molecular complexity index is 1130. The summed E-state index contributed by atoms with van der Waals surface area (Å²) in [6.45, 7) is 5.12. The minimum absolute atomic E-state index is 0.0627. The number of fused-ring (bicyclic) bond motifs is 3. The average Bonchev–Trinajstić information content (AvgIpc) is 2.94. The first-order valence-corrected chi connectivity index (χ1v) is 13.3. The van der Waals surface area contributed by atoms with E-state index in [9.17, 15) is 9.90 Å². The monoisotopic (exact) mass is 507 g/mol. The Hall–Kier alpha value is -2.94. The lowest BCUT2D eigenvalue weighted by Gasteiger charge is -2.37. The van der Waals surface area contributed by atoms with Crippen LogP contribution in [0.3, 0.4) is 0 Å². The molecule has 2 fully saturated rings. The number of carbonyl (C=O) groups excluding carboxylic acids is 1. The van der Waals surface area contributed by atoms with Crippen LogP contribution in [0, 0.1) is 0 Å². The summed E-state index contributed by atoms with van der Waals surface area (Å²) < 4.78 is 16.6. The Morgan fingerprint density at radius 2 is 1.84 bits per heavy atom. The lowest BCUT2D eigenvalue weighted by Crippen LogP contribution is -2.38. The molecule has 2 N–H and O–H groups in total. The molecule has 1 saturated carbocycles. The smallest absolute Gasteiger partial charge is 0.251 e. The third-order valence-corrected chi connectivity index (χ3v) is 7.75. The van der Waals surface area contributed by atoms with Gasteiger partial charge in [-0.25, -0.2) is 0 Å². The Kier molecular flexibility index (Phi) is 8.08. The first-order valence-electron chi connectivity index (χ1n) is 13.3. The Balaban J connectivity index is 1.32. The molecule has 3 atom stereocenters. The van der Waals surface area contributed by atoms with Gasteiger partial charge in [-0.15, -0.1) is 0 Å². The van der Waals surface area contributed by atoms with Gasteiger partial charge in [0.15, 0.2) is 11.5 Å². The second-order valence-electron chi connectivity index (χ2n) is 10.1. The SMILES string of the molecule is COc1cc2c(cc1OC)C1CC(O)CCC1N=C2c1ccc(C(=O)NCCCN2CCOCC2)cc1. The molecule has 0 spiro atoms. The largest absolute Gasteiger partial charge is 0.493 e. The standard InChI is InChI=1S/C29H37N3O5/c1-35-26-17-22-23-16-21(33)8-9-25(23)31-28(24(22)18-27(26)36-2)19-4-6-20(7-5-19)29(34)30-10-3-11-32-12-14-37-15-13-32/h4-7,17-18,21,23,25,33H,3,8-16H2,1-2H3,(H,30,34). The number of benzene rings is 2. The van der Waals surface area contributed by atoms with Crippen molar-refractivity contribution in [3.05, 3.63) is 58.7 Å². The Morgan fingerprint density at radius 3 is 2.57 bits per heavy atom. The summed E-state index contributed by atoms with van der Waals surface area (Å²) in [5.41, 5.74) is 4.62. The maximum atomic E-state index is 12.7. The molecule has 2 heterocycles. The number of hydrogen-bond donors (Lipinski definition) is 2. The van der Waals surface area contributed by atoms with Crippen LogP contribution in [-0.4, -0.2) is 87.4 Å². The molecule has 1 saturated heterocycles. The van der Waals surface area contributed by atoms with Crippen LogP contribution in [0.1, 0.15) is 58.6 Å². The Labute approximate surface area is 218 Å². The molecule has 3 unspecified atom stereocenters. The zero-order valence-corrected chi connectivity index (χ0v) is 21.7. The number of aliphatic hydroxyl groups excluding tert-OH is 1.